The average molecular weight is 276 g/mol. The van der Waals surface area contributed by atoms with E-state index in [0.29, 0.717) is 6.04 Å². The van der Waals surface area contributed by atoms with Crippen LogP contribution in [0.15, 0.2) is 18.3 Å². The molecule has 1 saturated heterocycles. The van der Waals surface area contributed by atoms with Gasteiger partial charge in [0, 0.05) is 31.4 Å². The molecule has 2 rings (SSSR count). The van der Waals surface area contributed by atoms with Crippen LogP contribution in [0.5, 0.6) is 0 Å². The summed E-state index contributed by atoms with van der Waals surface area (Å²) in [5, 5.41) is 0. The zero-order chi connectivity index (χ0) is 14.5. The van der Waals surface area contributed by atoms with Crippen LogP contribution in [-0.4, -0.2) is 48.6 Å². The second kappa shape index (κ2) is 7.04. The number of anilines is 1. The first-order valence-corrected chi connectivity index (χ1v) is 7.75. The number of likely N-dealkylation sites (N-methyl/N-ethyl adjacent to an activating group) is 1. The fourth-order valence-electron chi connectivity index (χ4n) is 2.97. The van der Waals surface area contributed by atoms with Crippen molar-refractivity contribution in [3.63, 3.8) is 0 Å². The lowest BCUT2D eigenvalue weighted by molar-refractivity contribution is 0.327. The zero-order valence-corrected chi connectivity index (χ0v) is 13.0. The highest BCUT2D eigenvalue weighted by Gasteiger charge is 2.22. The van der Waals surface area contributed by atoms with Crippen LogP contribution in [-0.2, 0) is 6.42 Å². The molecule has 2 atom stereocenters. The molecule has 2 unspecified atom stereocenters. The van der Waals surface area contributed by atoms with Crippen molar-refractivity contribution in [3.05, 3.63) is 23.9 Å². The van der Waals surface area contributed by atoms with Gasteiger partial charge in [-0.2, -0.15) is 0 Å². The summed E-state index contributed by atoms with van der Waals surface area (Å²) in [7, 11) is 2.21. The molecule has 0 saturated carbocycles. The molecule has 1 aromatic rings. The Morgan fingerprint density at radius 1 is 1.40 bits per heavy atom. The molecule has 1 aromatic heterocycles. The molecular weight excluding hydrogens is 248 g/mol. The minimum atomic E-state index is 0.192. The summed E-state index contributed by atoms with van der Waals surface area (Å²) in [6.45, 7) is 7.70. The van der Waals surface area contributed by atoms with Crippen molar-refractivity contribution in [3.8, 4) is 0 Å². The summed E-state index contributed by atoms with van der Waals surface area (Å²) >= 11 is 0. The third kappa shape index (κ3) is 3.93. The van der Waals surface area contributed by atoms with E-state index >= 15 is 0 Å². The van der Waals surface area contributed by atoms with Gasteiger partial charge in [-0.15, -0.1) is 0 Å². The van der Waals surface area contributed by atoms with Crippen LogP contribution in [0.3, 0.4) is 0 Å². The van der Waals surface area contributed by atoms with Crippen LogP contribution < -0.4 is 10.6 Å². The summed E-state index contributed by atoms with van der Waals surface area (Å²) in [5.41, 5.74) is 7.07. The Bertz CT molecular complexity index is 401. The molecule has 2 heterocycles. The third-order valence-corrected chi connectivity index (χ3v) is 4.03. The summed E-state index contributed by atoms with van der Waals surface area (Å²) in [5.74, 6) is 1.11. The van der Waals surface area contributed by atoms with E-state index < -0.39 is 0 Å². The number of rotatable bonds is 4. The van der Waals surface area contributed by atoms with Gasteiger partial charge in [0.15, 0.2) is 0 Å². The summed E-state index contributed by atoms with van der Waals surface area (Å²) in [4.78, 5) is 9.57. The molecule has 2 N–H and O–H groups in total. The summed E-state index contributed by atoms with van der Waals surface area (Å²) in [6.07, 6.45) is 5.25. The van der Waals surface area contributed by atoms with Crippen molar-refractivity contribution in [2.45, 2.75) is 45.2 Å². The highest BCUT2D eigenvalue weighted by molar-refractivity contribution is 5.41. The van der Waals surface area contributed by atoms with Gasteiger partial charge in [-0.1, -0.05) is 13.0 Å². The third-order valence-electron chi connectivity index (χ3n) is 4.03. The highest BCUT2D eigenvalue weighted by atomic mass is 15.3. The maximum atomic E-state index is 5.84. The summed E-state index contributed by atoms with van der Waals surface area (Å²) < 4.78 is 0. The van der Waals surface area contributed by atoms with E-state index in [4.69, 9.17) is 5.73 Å². The van der Waals surface area contributed by atoms with Crippen LogP contribution in [0.1, 0.15) is 32.3 Å². The monoisotopic (exact) mass is 276 g/mol. The molecule has 1 fully saturated rings. The molecule has 20 heavy (non-hydrogen) atoms. The molecular formula is C16H28N4. The van der Waals surface area contributed by atoms with E-state index in [1.54, 1.807) is 0 Å². The van der Waals surface area contributed by atoms with Gasteiger partial charge in [-0.3, -0.25) is 0 Å². The SMILES string of the molecule is CCC1CN(C)CCCN1c1ccc(CC(C)N)cn1. The van der Waals surface area contributed by atoms with Gasteiger partial charge in [0.25, 0.3) is 0 Å². The normalized spacial score (nSPS) is 22.6. The molecule has 4 nitrogen and oxygen atoms in total. The predicted octanol–water partition coefficient (Wildman–Crippen LogP) is 1.89. The second-order valence-corrected chi connectivity index (χ2v) is 6.08. The first-order valence-electron chi connectivity index (χ1n) is 7.75. The highest BCUT2D eigenvalue weighted by Crippen LogP contribution is 2.20. The molecule has 0 spiro atoms. The Morgan fingerprint density at radius 2 is 2.20 bits per heavy atom. The van der Waals surface area contributed by atoms with Gasteiger partial charge in [0.2, 0.25) is 0 Å². The molecule has 4 heteroatoms. The molecule has 0 bridgehead atoms. The average Bonchev–Trinajstić information content (AvgIpc) is 2.60. The van der Waals surface area contributed by atoms with Crippen molar-refractivity contribution in [2.75, 3.05) is 31.6 Å². The molecule has 0 amide bonds. The topological polar surface area (TPSA) is 45.4 Å². The van der Waals surface area contributed by atoms with Gasteiger partial charge in [0.1, 0.15) is 5.82 Å². The smallest absolute Gasteiger partial charge is 0.128 e. The fraction of sp³-hybridized carbons (Fsp3) is 0.688. The second-order valence-electron chi connectivity index (χ2n) is 6.08. The first-order chi connectivity index (χ1) is 9.60. The van der Waals surface area contributed by atoms with Crippen LogP contribution in [0.4, 0.5) is 5.82 Å². The Kier molecular flexibility index (Phi) is 5.38. The maximum absolute atomic E-state index is 5.84. The van der Waals surface area contributed by atoms with Crippen molar-refractivity contribution < 1.29 is 0 Å². The number of hydrogen-bond donors (Lipinski definition) is 1. The van der Waals surface area contributed by atoms with Gasteiger partial charge < -0.3 is 15.5 Å². The van der Waals surface area contributed by atoms with Gasteiger partial charge >= 0.3 is 0 Å². The van der Waals surface area contributed by atoms with Gasteiger partial charge in [-0.05, 0) is 51.4 Å². The Hall–Kier alpha value is -1.13. The Balaban J connectivity index is 2.11. The van der Waals surface area contributed by atoms with Gasteiger partial charge in [0.05, 0.1) is 0 Å². The Labute approximate surface area is 123 Å². The lowest BCUT2D eigenvalue weighted by Gasteiger charge is -2.31. The first kappa shape index (κ1) is 15.3. The lowest BCUT2D eigenvalue weighted by Crippen LogP contribution is -2.40. The Morgan fingerprint density at radius 3 is 2.80 bits per heavy atom. The van der Waals surface area contributed by atoms with E-state index in [9.17, 15) is 0 Å². The number of pyridine rings is 1. The predicted molar refractivity (Wildman–Crippen MR) is 85.1 cm³/mol. The largest absolute Gasteiger partial charge is 0.352 e. The number of nitrogens with zero attached hydrogens (tertiary/aromatic N) is 3. The van der Waals surface area contributed by atoms with Crippen molar-refractivity contribution in [1.82, 2.24) is 9.88 Å². The molecule has 0 radical (unpaired) electrons. The van der Waals surface area contributed by atoms with Crippen molar-refractivity contribution in [2.24, 2.45) is 5.73 Å². The number of nitrogens with two attached hydrogens (primary N) is 1. The molecule has 112 valence electrons. The van der Waals surface area contributed by atoms with Crippen LogP contribution in [0.25, 0.3) is 0 Å². The molecule has 0 aliphatic carbocycles. The summed E-state index contributed by atoms with van der Waals surface area (Å²) in [6, 6.07) is 5.09. The van der Waals surface area contributed by atoms with E-state index in [0.717, 1.165) is 31.7 Å². The van der Waals surface area contributed by atoms with E-state index in [1.807, 2.05) is 13.1 Å². The minimum Gasteiger partial charge on any atom is -0.352 e. The van der Waals surface area contributed by atoms with Crippen LogP contribution in [0, 0.1) is 0 Å². The van der Waals surface area contributed by atoms with Crippen LogP contribution >= 0.6 is 0 Å². The zero-order valence-electron chi connectivity index (χ0n) is 13.0. The van der Waals surface area contributed by atoms with Crippen molar-refractivity contribution in [1.29, 1.82) is 0 Å². The number of aromatic nitrogens is 1. The fourth-order valence-corrected chi connectivity index (χ4v) is 2.97. The molecule has 0 aromatic carbocycles. The standard InChI is InChI=1S/C16H28N4/c1-4-15-12-19(3)8-5-9-20(15)16-7-6-14(11-18-16)10-13(2)17/h6-7,11,13,15H,4-5,8-10,12,17H2,1-3H3. The lowest BCUT2D eigenvalue weighted by atomic mass is 10.1. The van der Waals surface area contributed by atoms with Gasteiger partial charge in [-0.25, -0.2) is 4.98 Å². The van der Waals surface area contributed by atoms with E-state index in [-0.39, 0.29) is 6.04 Å². The number of hydrogen-bond acceptors (Lipinski definition) is 4. The maximum Gasteiger partial charge on any atom is 0.128 e. The van der Waals surface area contributed by atoms with Crippen molar-refractivity contribution >= 4 is 5.82 Å². The minimum absolute atomic E-state index is 0.192. The molecule has 1 aliphatic rings. The van der Waals surface area contributed by atoms with Crippen LogP contribution in [0.2, 0.25) is 0 Å². The van der Waals surface area contributed by atoms with E-state index in [1.165, 1.54) is 18.5 Å². The molecule has 1 aliphatic heterocycles. The quantitative estimate of drug-likeness (QED) is 0.912. The van der Waals surface area contributed by atoms with E-state index in [2.05, 4.69) is 40.9 Å².